The Morgan fingerprint density at radius 3 is 2.45 bits per heavy atom. The maximum Gasteiger partial charge on any atom is 0.257 e. The molecule has 7 nitrogen and oxygen atoms in total. The van der Waals surface area contributed by atoms with Gasteiger partial charge >= 0.3 is 0 Å². The van der Waals surface area contributed by atoms with Gasteiger partial charge in [0.05, 0.1) is 13.7 Å². The maximum absolute atomic E-state index is 11.6. The molecule has 2 aromatic rings. The molecule has 0 heterocycles. The summed E-state index contributed by atoms with van der Waals surface area (Å²) < 4.78 is 10.9. The van der Waals surface area contributed by atoms with Gasteiger partial charge in [0.1, 0.15) is 0 Å². The number of hydrogen-bond donors (Lipinski definition) is 3. The Bertz CT molecular complexity index is 856. The topological polar surface area (TPSA) is 98.0 Å². The number of rotatable bonds is 10. The van der Waals surface area contributed by atoms with Crippen molar-refractivity contribution >= 4 is 41.5 Å². The Morgan fingerprint density at radius 2 is 1.84 bits per heavy atom. The molecule has 31 heavy (non-hydrogen) atoms. The summed E-state index contributed by atoms with van der Waals surface area (Å²) in [6.07, 6.45) is 1.11. The van der Waals surface area contributed by atoms with Gasteiger partial charge in [0.2, 0.25) is 0 Å². The molecule has 0 radical (unpaired) electrons. The number of likely N-dealkylation sites (N-methyl/N-ethyl adjacent to an activating group) is 1. The van der Waals surface area contributed by atoms with Crippen molar-refractivity contribution in [3.63, 3.8) is 0 Å². The molecule has 1 atom stereocenters. The number of aliphatic imine (C=N–C) groups is 1. The largest absolute Gasteiger partial charge is 0.493 e. The van der Waals surface area contributed by atoms with E-state index in [9.17, 15) is 4.79 Å². The summed E-state index contributed by atoms with van der Waals surface area (Å²) in [6.45, 7) is 7.14. The lowest BCUT2D eigenvalue weighted by atomic mass is 9.99. The molecule has 0 aliphatic rings. The Labute approximate surface area is 201 Å². The molecule has 2 aromatic carbocycles. The average molecular weight is 540 g/mol. The van der Waals surface area contributed by atoms with Crippen molar-refractivity contribution in [2.75, 3.05) is 25.6 Å². The minimum Gasteiger partial charge on any atom is -0.493 e. The summed E-state index contributed by atoms with van der Waals surface area (Å²) in [5, 5.41) is 5.79. The Morgan fingerprint density at radius 1 is 1.13 bits per heavy atom. The summed E-state index contributed by atoms with van der Waals surface area (Å²) in [6, 6.07) is 13.7. The summed E-state index contributed by atoms with van der Waals surface area (Å²) in [7, 11) is 1.56. The number of guanidine groups is 1. The molecule has 8 heteroatoms. The Hall–Kier alpha value is -2.49. The van der Waals surface area contributed by atoms with Crippen LogP contribution in [0.5, 0.6) is 11.5 Å². The molecular formula is C23H33IN4O3. The summed E-state index contributed by atoms with van der Waals surface area (Å²) in [4.78, 5) is 16.0. The van der Waals surface area contributed by atoms with Crippen molar-refractivity contribution in [1.82, 2.24) is 5.32 Å². The predicted molar refractivity (Wildman–Crippen MR) is 137 cm³/mol. The van der Waals surface area contributed by atoms with Crippen LogP contribution in [0.2, 0.25) is 0 Å². The van der Waals surface area contributed by atoms with Gasteiger partial charge in [0.25, 0.3) is 5.91 Å². The van der Waals surface area contributed by atoms with Crippen molar-refractivity contribution in [2.24, 2.45) is 10.7 Å². The molecule has 2 rings (SSSR count). The lowest BCUT2D eigenvalue weighted by Crippen LogP contribution is -2.28. The van der Waals surface area contributed by atoms with Gasteiger partial charge in [-0.25, -0.2) is 4.99 Å². The fourth-order valence-electron chi connectivity index (χ4n) is 2.82. The molecule has 0 fully saturated rings. The van der Waals surface area contributed by atoms with Gasteiger partial charge in [-0.2, -0.15) is 0 Å². The highest BCUT2D eigenvalue weighted by atomic mass is 127. The van der Waals surface area contributed by atoms with Crippen LogP contribution in [-0.4, -0.2) is 32.1 Å². The van der Waals surface area contributed by atoms with Crippen LogP contribution in [-0.2, 0) is 11.3 Å². The fourth-order valence-corrected chi connectivity index (χ4v) is 2.82. The van der Waals surface area contributed by atoms with Crippen LogP contribution in [0.4, 0.5) is 5.69 Å². The van der Waals surface area contributed by atoms with Gasteiger partial charge in [-0.1, -0.05) is 32.0 Å². The standard InChI is InChI=1S/C23H32N4O3.HI/c1-5-16(3)18-8-10-19(11-9-18)27-23(24)26-14-17-7-12-20(21(13-17)29-4)30-15-22(28)25-6-2;/h7-13,16H,5-6,14-15H2,1-4H3,(H,25,28)(H3,24,26,27);1H. The minimum absolute atomic E-state index is 0. The van der Waals surface area contributed by atoms with Gasteiger partial charge in [-0.05, 0) is 54.7 Å². The van der Waals surface area contributed by atoms with Crippen molar-refractivity contribution < 1.29 is 14.3 Å². The molecule has 4 N–H and O–H groups in total. The Kier molecular flexibility index (Phi) is 11.8. The van der Waals surface area contributed by atoms with E-state index in [1.165, 1.54) is 5.56 Å². The van der Waals surface area contributed by atoms with Gasteiger partial charge in [0, 0.05) is 12.2 Å². The third-order valence-electron chi connectivity index (χ3n) is 4.76. The highest BCUT2D eigenvalue weighted by Gasteiger charge is 2.08. The third-order valence-corrected chi connectivity index (χ3v) is 4.76. The Balaban J connectivity index is 0.00000480. The first-order valence-electron chi connectivity index (χ1n) is 10.2. The SMILES string of the molecule is CCNC(=O)COc1ccc(CN=C(N)Nc2ccc(C(C)CC)cc2)cc1OC.I. The first kappa shape index (κ1) is 26.5. The van der Waals surface area contributed by atoms with Crippen molar-refractivity contribution in [1.29, 1.82) is 0 Å². The number of carbonyl (C=O) groups is 1. The number of halogens is 1. The second-order valence-electron chi connectivity index (χ2n) is 6.99. The van der Waals surface area contributed by atoms with Crippen LogP contribution in [0.3, 0.4) is 0 Å². The predicted octanol–water partition coefficient (Wildman–Crippen LogP) is 4.27. The van der Waals surface area contributed by atoms with E-state index in [4.69, 9.17) is 15.2 Å². The molecule has 0 saturated heterocycles. The van der Waals surface area contributed by atoms with Crippen LogP contribution in [0, 0.1) is 0 Å². The molecule has 1 amide bonds. The average Bonchev–Trinajstić information content (AvgIpc) is 2.76. The van der Waals surface area contributed by atoms with Crippen LogP contribution in [0.15, 0.2) is 47.5 Å². The number of nitrogens with two attached hydrogens (primary N) is 1. The van der Waals surface area contributed by atoms with Gasteiger partial charge < -0.3 is 25.8 Å². The molecule has 0 bridgehead atoms. The fraction of sp³-hybridized carbons (Fsp3) is 0.391. The number of nitrogens with one attached hydrogen (secondary N) is 2. The molecule has 0 saturated carbocycles. The number of benzene rings is 2. The van der Waals surface area contributed by atoms with E-state index in [0.29, 0.717) is 36.5 Å². The first-order valence-corrected chi connectivity index (χ1v) is 10.2. The zero-order chi connectivity index (χ0) is 21.9. The zero-order valence-corrected chi connectivity index (χ0v) is 20.9. The van der Waals surface area contributed by atoms with Gasteiger partial charge in [-0.15, -0.1) is 24.0 Å². The van der Waals surface area contributed by atoms with E-state index in [0.717, 1.165) is 17.7 Å². The summed E-state index contributed by atoms with van der Waals surface area (Å²) >= 11 is 0. The molecule has 0 aromatic heterocycles. The summed E-state index contributed by atoms with van der Waals surface area (Å²) in [5.41, 5.74) is 9.14. The molecule has 0 aliphatic heterocycles. The van der Waals surface area contributed by atoms with E-state index < -0.39 is 0 Å². The van der Waals surface area contributed by atoms with Crippen LogP contribution in [0.25, 0.3) is 0 Å². The van der Waals surface area contributed by atoms with Gasteiger partial charge in [0.15, 0.2) is 24.1 Å². The van der Waals surface area contributed by atoms with E-state index in [-0.39, 0.29) is 36.5 Å². The highest BCUT2D eigenvalue weighted by Crippen LogP contribution is 2.28. The molecule has 0 aliphatic carbocycles. The van der Waals surface area contributed by atoms with E-state index in [2.05, 4.69) is 41.6 Å². The van der Waals surface area contributed by atoms with Gasteiger partial charge in [-0.3, -0.25) is 4.79 Å². The highest BCUT2D eigenvalue weighted by molar-refractivity contribution is 14.0. The maximum atomic E-state index is 11.6. The lowest BCUT2D eigenvalue weighted by molar-refractivity contribution is -0.123. The molecule has 0 spiro atoms. The number of anilines is 1. The zero-order valence-electron chi connectivity index (χ0n) is 18.6. The second-order valence-corrected chi connectivity index (χ2v) is 6.99. The van der Waals surface area contributed by atoms with Crippen LogP contribution >= 0.6 is 24.0 Å². The molecule has 170 valence electrons. The number of methoxy groups -OCH3 is 1. The quantitative estimate of drug-likeness (QED) is 0.238. The molecular weight excluding hydrogens is 507 g/mol. The second kappa shape index (κ2) is 13.7. The summed E-state index contributed by atoms with van der Waals surface area (Å²) in [5.74, 6) is 1.74. The van der Waals surface area contributed by atoms with E-state index in [1.54, 1.807) is 13.2 Å². The lowest BCUT2D eigenvalue weighted by Gasteiger charge is -2.12. The number of ether oxygens (including phenoxy) is 2. The van der Waals surface area contributed by atoms with Crippen molar-refractivity contribution in [2.45, 2.75) is 39.7 Å². The van der Waals surface area contributed by atoms with Crippen LogP contribution in [0.1, 0.15) is 44.2 Å². The van der Waals surface area contributed by atoms with Crippen molar-refractivity contribution in [3.8, 4) is 11.5 Å². The first-order chi connectivity index (χ1) is 14.5. The van der Waals surface area contributed by atoms with E-state index >= 15 is 0 Å². The normalized spacial score (nSPS) is 11.8. The monoisotopic (exact) mass is 540 g/mol. The third kappa shape index (κ3) is 8.64. The van der Waals surface area contributed by atoms with E-state index in [1.807, 2.05) is 31.2 Å². The number of hydrogen-bond acceptors (Lipinski definition) is 4. The van der Waals surface area contributed by atoms with Crippen molar-refractivity contribution in [3.05, 3.63) is 53.6 Å². The molecule has 1 unspecified atom stereocenters. The van der Waals surface area contributed by atoms with Crippen LogP contribution < -0.4 is 25.8 Å². The number of carbonyl (C=O) groups excluding carboxylic acids is 1. The smallest absolute Gasteiger partial charge is 0.257 e. The number of nitrogens with zero attached hydrogens (tertiary/aromatic N) is 1. The number of amides is 1. The minimum atomic E-state index is -0.177.